The second-order valence-electron chi connectivity index (χ2n) is 8.04. The van der Waals surface area contributed by atoms with Crippen LogP contribution in [0.5, 0.6) is 0 Å². The van der Waals surface area contributed by atoms with Crippen molar-refractivity contribution < 1.29 is 0 Å². The quantitative estimate of drug-likeness (QED) is 0.558. The molecule has 1 atom stereocenters. The summed E-state index contributed by atoms with van der Waals surface area (Å²) in [5, 5.41) is 19.6. The fourth-order valence-corrected chi connectivity index (χ4v) is 4.94. The third-order valence-corrected chi connectivity index (χ3v) is 6.81. The minimum absolute atomic E-state index is 0.391. The van der Waals surface area contributed by atoms with E-state index in [4.69, 9.17) is 10.4 Å². The smallest absolute Gasteiger partial charge is 0.0968 e. The first-order valence-corrected chi connectivity index (χ1v) is 11.8. The lowest BCUT2D eigenvalue weighted by Crippen LogP contribution is -2.47. The Labute approximate surface area is 188 Å². The maximum Gasteiger partial charge on any atom is 0.0968 e. The van der Waals surface area contributed by atoms with Crippen molar-refractivity contribution in [2.75, 3.05) is 39.8 Å². The van der Waals surface area contributed by atoms with Gasteiger partial charge in [0.15, 0.2) is 0 Å². The molecule has 0 radical (unpaired) electrons. The monoisotopic (exact) mass is 434 g/mol. The Morgan fingerprint density at radius 2 is 1.94 bits per heavy atom. The van der Waals surface area contributed by atoms with Crippen LogP contribution in [0.1, 0.15) is 22.9 Å². The van der Waals surface area contributed by atoms with Crippen molar-refractivity contribution in [3.05, 3.63) is 64.5 Å². The third kappa shape index (κ3) is 5.60. The highest BCUT2D eigenvalue weighted by Gasteiger charge is 2.24. The molecule has 1 aliphatic rings. The lowest BCUT2D eigenvalue weighted by Gasteiger charge is -2.37. The van der Waals surface area contributed by atoms with Gasteiger partial charge in [-0.3, -0.25) is 9.58 Å². The van der Waals surface area contributed by atoms with E-state index in [1.807, 2.05) is 34.2 Å². The molecule has 1 fully saturated rings. The van der Waals surface area contributed by atoms with E-state index in [0.717, 1.165) is 50.5 Å². The second-order valence-corrected chi connectivity index (χ2v) is 9.02. The zero-order chi connectivity index (χ0) is 21.5. The molecule has 2 aromatic heterocycles. The molecular formula is C24H30N6S. The first kappa shape index (κ1) is 21.7. The van der Waals surface area contributed by atoms with E-state index in [0.29, 0.717) is 19.0 Å². The van der Waals surface area contributed by atoms with Gasteiger partial charge in [-0.1, -0.05) is 36.4 Å². The number of benzene rings is 1. The summed E-state index contributed by atoms with van der Waals surface area (Å²) in [7, 11) is 2.20. The van der Waals surface area contributed by atoms with Crippen LogP contribution in [0.3, 0.4) is 0 Å². The number of nitriles is 1. The highest BCUT2D eigenvalue weighted by atomic mass is 32.1. The average Bonchev–Trinajstić information content (AvgIpc) is 3.47. The number of rotatable bonds is 9. The number of likely N-dealkylation sites (N-methyl/N-ethyl adjacent to an activating group) is 1. The van der Waals surface area contributed by atoms with Crippen molar-refractivity contribution in [2.45, 2.75) is 25.6 Å². The number of thiophene rings is 1. The Balaban J connectivity index is 1.47. The number of aryl methyl sites for hydroxylation is 1. The van der Waals surface area contributed by atoms with Gasteiger partial charge in [-0.2, -0.15) is 10.4 Å². The van der Waals surface area contributed by atoms with E-state index in [-0.39, 0.29) is 0 Å². The summed E-state index contributed by atoms with van der Waals surface area (Å²) in [5.41, 5.74) is 3.29. The van der Waals surface area contributed by atoms with Crippen LogP contribution in [0.15, 0.2) is 54.0 Å². The van der Waals surface area contributed by atoms with Gasteiger partial charge in [-0.05, 0) is 18.5 Å². The van der Waals surface area contributed by atoms with Crippen LogP contribution in [0.4, 0.5) is 0 Å². The molecule has 1 aromatic carbocycles. The Morgan fingerprint density at radius 1 is 1.13 bits per heavy atom. The molecule has 0 unspecified atom stereocenters. The predicted octanol–water partition coefficient (Wildman–Crippen LogP) is 3.60. The normalized spacial score (nSPS) is 16.3. The first-order valence-electron chi connectivity index (χ1n) is 10.9. The fourth-order valence-electron chi connectivity index (χ4n) is 4.08. The van der Waals surface area contributed by atoms with Gasteiger partial charge in [-0.25, -0.2) is 0 Å². The van der Waals surface area contributed by atoms with Gasteiger partial charge in [-0.15, -0.1) is 11.3 Å². The number of nitrogens with zero attached hydrogens (tertiary/aromatic N) is 5. The van der Waals surface area contributed by atoms with Crippen LogP contribution in [-0.2, 0) is 13.1 Å². The largest absolute Gasteiger partial charge is 0.311 e. The molecule has 6 nitrogen and oxygen atoms in total. The first-order chi connectivity index (χ1) is 15.2. The van der Waals surface area contributed by atoms with Crippen molar-refractivity contribution in [3.8, 4) is 17.3 Å². The van der Waals surface area contributed by atoms with Gasteiger partial charge in [0.25, 0.3) is 0 Å². The van der Waals surface area contributed by atoms with Crippen LogP contribution in [0.25, 0.3) is 11.3 Å². The number of piperazine rings is 1. The van der Waals surface area contributed by atoms with Crippen LogP contribution in [0.2, 0.25) is 0 Å². The van der Waals surface area contributed by atoms with E-state index in [1.165, 1.54) is 10.4 Å². The summed E-state index contributed by atoms with van der Waals surface area (Å²) < 4.78 is 1.90. The van der Waals surface area contributed by atoms with Gasteiger partial charge in [0.1, 0.15) is 0 Å². The van der Waals surface area contributed by atoms with Gasteiger partial charge >= 0.3 is 0 Å². The Morgan fingerprint density at radius 3 is 2.65 bits per heavy atom. The topological polar surface area (TPSA) is 60.1 Å². The lowest BCUT2D eigenvalue weighted by atomic mass is 10.1. The van der Waals surface area contributed by atoms with Gasteiger partial charge in [0, 0.05) is 61.5 Å². The zero-order valence-electron chi connectivity index (χ0n) is 18.1. The molecule has 162 valence electrons. The molecule has 4 rings (SSSR count). The predicted molar refractivity (Wildman–Crippen MR) is 126 cm³/mol. The molecule has 7 heteroatoms. The van der Waals surface area contributed by atoms with Crippen LogP contribution in [0, 0.1) is 11.3 Å². The summed E-state index contributed by atoms with van der Waals surface area (Å²) in [6, 6.07) is 17.3. The second kappa shape index (κ2) is 10.7. The molecule has 0 bridgehead atoms. The molecule has 0 spiro atoms. The number of aromatic nitrogens is 2. The molecule has 1 saturated heterocycles. The summed E-state index contributed by atoms with van der Waals surface area (Å²) in [5.74, 6) is 0. The van der Waals surface area contributed by atoms with E-state index >= 15 is 0 Å². The van der Waals surface area contributed by atoms with Gasteiger partial charge < -0.3 is 10.2 Å². The molecule has 31 heavy (non-hydrogen) atoms. The molecule has 0 amide bonds. The minimum Gasteiger partial charge on any atom is -0.311 e. The van der Waals surface area contributed by atoms with Gasteiger partial charge in [0.2, 0.25) is 0 Å². The zero-order valence-corrected chi connectivity index (χ0v) is 18.9. The summed E-state index contributed by atoms with van der Waals surface area (Å²) in [4.78, 5) is 6.43. The molecule has 3 aromatic rings. The van der Waals surface area contributed by atoms with Crippen molar-refractivity contribution in [3.63, 3.8) is 0 Å². The maximum absolute atomic E-state index is 8.94. The van der Waals surface area contributed by atoms with Crippen LogP contribution < -0.4 is 5.32 Å². The van der Waals surface area contributed by atoms with Gasteiger partial charge in [0.05, 0.1) is 30.8 Å². The highest BCUT2D eigenvalue weighted by molar-refractivity contribution is 7.10. The summed E-state index contributed by atoms with van der Waals surface area (Å²) >= 11 is 1.84. The Hall–Kier alpha value is -2.50. The number of nitrogens with one attached hydrogen (secondary N) is 1. The number of hydrogen-bond acceptors (Lipinski definition) is 6. The Bertz CT molecular complexity index is 967. The van der Waals surface area contributed by atoms with Crippen LogP contribution in [-0.4, -0.2) is 59.4 Å². The molecule has 3 heterocycles. The van der Waals surface area contributed by atoms with Crippen molar-refractivity contribution in [1.29, 1.82) is 5.26 Å². The van der Waals surface area contributed by atoms with Crippen molar-refractivity contribution in [1.82, 2.24) is 24.9 Å². The standard InChI is InChI=1S/C24H30N6S/c1-28-12-14-29(15-13-28)22(23-9-5-16-31-23)18-26-17-21-19-30(11-6-10-25)27-24(21)20-7-3-2-4-8-20/h2-5,7-9,16,19,22,26H,6,11-15,17-18H2,1H3/t22-/m1/s1. The average molecular weight is 435 g/mol. The minimum atomic E-state index is 0.391. The van der Waals surface area contributed by atoms with E-state index in [1.54, 1.807) is 0 Å². The fraction of sp³-hybridized carbons (Fsp3) is 0.417. The maximum atomic E-state index is 8.94. The molecule has 0 aliphatic carbocycles. The van der Waals surface area contributed by atoms with Crippen molar-refractivity contribution >= 4 is 11.3 Å². The Kier molecular flexibility index (Phi) is 7.49. The summed E-state index contributed by atoms with van der Waals surface area (Å²) in [6.07, 6.45) is 2.55. The highest BCUT2D eigenvalue weighted by Crippen LogP contribution is 2.26. The molecule has 1 N–H and O–H groups in total. The number of hydrogen-bond donors (Lipinski definition) is 1. The third-order valence-electron chi connectivity index (χ3n) is 5.84. The van der Waals surface area contributed by atoms with Crippen molar-refractivity contribution in [2.24, 2.45) is 0 Å². The van der Waals surface area contributed by atoms with E-state index in [9.17, 15) is 0 Å². The SMILES string of the molecule is CN1CCN([C@H](CNCc2cn(CCC#N)nc2-c2ccccc2)c2cccs2)CC1. The summed E-state index contributed by atoms with van der Waals surface area (Å²) in [6.45, 7) is 6.71. The van der Waals surface area contributed by atoms with E-state index in [2.05, 4.69) is 64.1 Å². The van der Waals surface area contributed by atoms with Crippen LogP contribution >= 0.6 is 11.3 Å². The molecule has 0 saturated carbocycles. The molecular weight excluding hydrogens is 404 g/mol. The lowest BCUT2D eigenvalue weighted by molar-refractivity contribution is 0.111. The van der Waals surface area contributed by atoms with E-state index < -0.39 is 0 Å². The molecule has 1 aliphatic heterocycles.